The molecule has 104 valence electrons. The van der Waals surface area contributed by atoms with Crippen LogP contribution in [0.25, 0.3) is 0 Å². The number of benzene rings is 1. The number of hydrogen-bond donors (Lipinski definition) is 1. The third-order valence-corrected chi connectivity index (χ3v) is 3.60. The average molecular weight is 301 g/mol. The molecule has 0 atom stereocenters. The molecule has 1 aromatic rings. The fourth-order valence-electron chi connectivity index (χ4n) is 1.11. The normalized spacial score (nSPS) is 11.1. The van der Waals surface area contributed by atoms with E-state index in [4.69, 9.17) is 10.5 Å². The van der Waals surface area contributed by atoms with Crippen LogP contribution in [0.5, 0.6) is 0 Å². The van der Waals surface area contributed by atoms with Gasteiger partial charge in [-0.2, -0.15) is 23.7 Å². The van der Waals surface area contributed by atoms with Crippen LogP contribution in [0.4, 0.5) is 18.9 Å². The molecule has 0 aliphatic carbocycles. The topological polar surface area (TPSA) is 93.8 Å². The smallest absolute Gasteiger partial charge is 0.360 e. The lowest BCUT2D eigenvalue weighted by molar-refractivity contribution is -0.0436. The average Bonchev–Trinajstić information content (AvgIpc) is 2.39. The molecule has 9 heteroatoms. The highest BCUT2D eigenvalue weighted by Crippen LogP contribution is 2.30. The molecule has 1 rings (SSSR count). The lowest BCUT2D eigenvalue weighted by atomic mass is 10.3. The van der Waals surface area contributed by atoms with Gasteiger partial charge in [0, 0.05) is 11.9 Å². The van der Waals surface area contributed by atoms with Crippen LogP contribution in [0, 0.1) is 22.7 Å². The standard InChI is InChI=1S/C11H6F3N3O2S/c12-11(13,14)20(18,19)10-3-1-9(2-4-10)17-7-8(5-15)6-16/h1-4,7,17H. The Labute approximate surface area is 112 Å². The third-order valence-electron chi connectivity index (χ3n) is 2.09. The van der Waals surface area contributed by atoms with Crippen LogP contribution < -0.4 is 5.32 Å². The van der Waals surface area contributed by atoms with E-state index < -0.39 is 20.2 Å². The number of anilines is 1. The Morgan fingerprint density at radius 1 is 1.15 bits per heavy atom. The maximum Gasteiger partial charge on any atom is 0.501 e. The van der Waals surface area contributed by atoms with Crippen LogP contribution in [0.2, 0.25) is 0 Å². The van der Waals surface area contributed by atoms with Gasteiger partial charge in [-0.3, -0.25) is 0 Å². The first-order chi connectivity index (χ1) is 9.22. The second-order valence-corrected chi connectivity index (χ2v) is 5.34. The van der Waals surface area contributed by atoms with Gasteiger partial charge < -0.3 is 5.32 Å². The van der Waals surface area contributed by atoms with E-state index in [-0.39, 0.29) is 11.3 Å². The SMILES string of the molecule is N#CC(C#N)=CNc1ccc(S(=O)(=O)C(F)(F)F)cc1. The fourth-order valence-corrected chi connectivity index (χ4v) is 1.87. The number of nitriles is 2. The zero-order chi connectivity index (χ0) is 15.4. The molecule has 0 radical (unpaired) electrons. The number of sulfone groups is 1. The van der Waals surface area contributed by atoms with Crippen LogP contribution in [0.1, 0.15) is 0 Å². The first-order valence-electron chi connectivity index (χ1n) is 4.90. The lowest BCUT2D eigenvalue weighted by Gasteiger charge is -2.08. The Hall–Kier alpha value is -2.52. The van der Waals surface area contributed by atoms with E-state index >= 15 is 0 Å². The van der Waals surface area contributed by atoms with E-state index in [1.807, 2.05) is 0 Å². The molecule has 0 saturated carbocycles. The lowest BCUT2D eigenvalue weighted by Crippen LogP contribution is -2.23. The zero-order valence-electron chi connectivity index (χ0n) is 9.64. The van der Waals surface area contributed by atoms with Gasteiger partial charge in [0.2, 0.25) is 0 Å². The van der Waals surface area contributed by atoms with E-state index in [1.54, 1.807) is 12.1 Å². The molecular weight excluding hydrogens is 295 g/mol. The molecule has 5 nitrogen and oxygen atoms in total. The van der Waals surface area contributed by atoms with Gasteiger partial charge in [0.05, 0.1) is 4.90 Å². The van der Waals surface area contributed by atoms with E-state index in [1.165, 1.54) is 0 Å². The van der Waals surface area contributed by atoms with Crippen molar-refractivity contribution in [2.24, 2.45) is 0 Å². The molecule has 0 aliphatic heterocycles. The van der Waals surface area contributed by atoms with Crippen molar-refractivity contribution in [1.82, 2.24) is 0 Å². The van der Waals surface area contributed by atoms with E-state index in [0.29, 0.717) is 0 Å². The number of allylic oxidation sites excluding steroid dienone is 1. The van der Waals surface area contributed by atoms with Gasteiger partial charge in [-0.1, -0.05) is 0 Å². The fraction of sp³-hybridized carbons (Fsp3) is 0.0909. The van der Waals surface area contributed by atoms with Crippen molar-refractivity contribution >= 4 is 15.5 Å². The monoisotopic (exact) mass is 301 g/mol. The predicted molar refractivity (Wildman–Crippen MR) is 62.6 cm³/mol. The van der Waals surface area contributed by atoms with Crippen molar-refractivity contribution in [2.45, 2.75) is 10.4 Å². The molecule has 20 heavy (non-hydrogen) atoms. The van der Waals surface area contributed by atoms with Crippen LogP contribution in [-0.2, 0) is 9.84 Å². The zero-order valence-corrected chi connectivity index (χ0v) is 10.5. The number of rotatable bonds is 3. The number of alkyl halides is 3. The van der Waals surface area contributed by atoms with Crippen molar-refractivity contribution in [3.05, 3.63) is 36.0 Å². The number of hydrogen-bond acceptors (Lipinski definition) is 5. The maximum atomic E-state index is 12.3. The quantitative estimate of drug-likeness (QED) is 0.865. The Balaban J connectivity index is 3.01. The molecule has 0 heterocycles. The molecule has 0 spiro atoms. The first-order valence-corrected chi connectivity index (χ1v) is 6.39. The third kappa shape index (κ3) is 3.28. The second-order valence-electron chi connectivity index (χ2n) is 3.40. The number of nitrogens with zero attached hydrogens (tertiary/aromatic N) is 2. The molecule has 1 aromatic carbocycles. The predicted octanol–water partition coefficient (Wildman–Crippen LogP) is 2.32. The largest absolute Gasteiger partial charge is 0.501 e. The molecule has 0 saturated heterocycles. The highest BCUT2D eigenvalue weighted by atomic mass is 32.2. The van der Waals surface area contributed by atoms with Gasteiger partial charge in [0.25, 0.3) is 9.84 Å². The number of nitrogens with one attached hydrogen (secondary N) is 1. The summed E-state index contributed by atoms with van der Waals surface area (Å²) >= 11 is 0. The van der Waals surface area contributed by atoms with Crippen molar-refractivity contribution in [1.29, 1.82) is 10.5 Å². The van der Waals surface area contributed by atoms with Crippen LogP contribution in [-0.4, -0.2) is 13.9 Å². The summed E-state index contributed by atoms with van der Waals surface area (Å²) in [6, 6.07) is 6.86. The van der Waals surface area contributed by atoms with Gasteiger partial charge in [-0.15, -0.1) is 0 Å². The first kappa shape index (κ1) is 15.5. The van der Waals surface area contributed by atoms with E-state index in [9.17, 15) is 21.6 Å². The molecule has 0 aromatic heterocycles. The van der Waals surface area contributed by atoms with Crippen molar-refractivity contribution < 1.29 is 21.6 Å². The van der Waals surface area contributed by atoms with E-state index in [0.717, 1.165) is 30.5 Å². The van der Waals surface area contributed by atoms with Crippen LogP contribution in [0.15, 0.2) is 40.9 Å². The Bertz CT molecular complexity index is 691. The van der Waals surface area contributed by atoms with Gasteiger partial charge in [0.15, 0.2) is 0 Å². The summed E-state index contributed by atoms with van der Waals surface area (Å²) in [7, 11) is -5.38. The van der Waals surface area contributed by atoms with Crippen molar-refractivity contribution in [3.63, 3.8) is 0 Å². The summed E-state index contributed by atoms with van der Waals surface area (Å²) in [4.78, 5) is -0.889. The summed E-state index contributed by atoms with van der Waals surface area (Å²) < 4.78 is 59.0. The molecule has 0 fully saturated rings. The van der Waals surface area contributed by atoms with Crippen LogP contribution in [0.3, 0.4) is 0 Å². The van der Waals surface area contributed by atoms with E-state index in [2.05, 4.69) is 5.32 Å². The molecular formula is C11H6F3N3O2S. The Kier molecular flexibility index (Phi) is 4.38. The molecule has 0 aliphatic rings. The molecule has 1 N–H and O–H groups in total. The highest BCUT2D eigenvalue weighted by molar-refractivity contribution is 7.92. The number of halogens is 3. The minimum Gasteiger partial charge on any atom is -0.360 e. The maximum absolute atomic E-state index is 12.3. The Morgan fingerprint density at radius 3 is 2.05 bits per heavy atom. The summed E-state index contributed by atoms with van der Waals surface area (Å²) in [6.45, 7) is 0. The van der Waals surface area contributed by atoms with Crippen molar-refractivity contribution in [2.75, 3.05) is 5.32 Å². The van der Waals surface area contributed by atoms with Crippen LogP contribution >= 0.6 is 0 Å². The minimum atomic E-state index is -5.38. The van der Waals surface area contributed by atoms with Crippen molar-refractivity contribution in [3.8, 4) is 12.1 Å². The summed E-state index contributed by atoms with van der Waals surface area (Å²) in [5.74, 6) is 0. The Morgan fingerprint density at radius 2 is 1.65 bits per heavy atom. The molecule has 0 unspecified atom stereocenters. The minimum absolute atomic E-state index is 0.231. The molecule has 0 amide bonds. The summed E-state index contributed by atoms with van der Waals surface area (Å²) in [5.41, 5.74) is -5.37. The second kappa shape index (κ2) is 5.63. The van der Waals surface area contributed by atoms with Gasteiger partial charge in [0.1, 0.15) is 17.7 Å². The highest BCUT2D eigenvalue weighted by Gasteiger charge is 2.46. The molecule has 0 bridgehead atoms. The van der Waals surface area contributed by atoms with Gasteiger partial charge >= 0.3 is 5.51 Å². The summed E-state index contributed by atoms with van der Waals surface area (Å²) in [5, 5.41) is 19.4. The van der Waals surface area contributed by atoms with Gasteiger partial charge in [-0.05, 0) is 24.3 Å². The van der Waals surface area contributed by atoms with Gasteiger partial charge in [-0.25, -0.2) is 8.42 Å². The summed E-state index contributed by atoms with van der Waals surface area (Å²) in [6.07, 6.45) is 1.05.